The number of hydrogen-bond acceptors (Lipinski definition) is 13. The molecule has 2 fully saturated rings. The number of carbonyl (C=O) groups excluding carboxylic acids is 2. The van der Waals surface area contributed by atoms with Crippen molar-refractivity contribution in [3.63, 3.8) is 0 Å². The number of methoxy groups -OCH3 is 1. The molecule has 13 heteroatoms. The summed E-state index contributed by atoms with van der Waals surface area (Å²) in [5.41, 5.74) is -1.99. The fourth-order valence-corrected chi connectivity index (χ4v) is 4.44. The van der Waals surface area contributed by atoms with E-state index < -0.39 is 85.7 Å². The normalized spacial score (nSPS) is 43.6. The van der Waals surface area contributed by atoms with Gasteiger partial charge in [-0.25, -0.2) is 4.79 Å². The summed E-state index contributed by atoms with van der Waals surface area (Å²) in [6, 6.07) is 0. The molecule has 1 saturated carbocycles. The first-order valence-corrected chi connectivity index (χ1v) is 9.97. The van der Waals surface area contributed by atoms with Crippen molar-refractivity contribution in [1.29, 1.82) is 0 Å². The lowest BCUT2D eigenvalue weighted by Crippen LogP contribution is -2.61. The monoisotopic (exact) mass is 464 g/mol. The maximum atomic E-state index is 12.2. The highest BCUT2D eigenvalue weighted by Gasteiger charge is 2.62. The summed E-state index contributed by atoms with van der Waals surface area (Å²) in [5.74, 6) is -3.75. The maximum Gasteiger partial charge on any atom is 0.337 e. The van der Waals surface area contributed by atoms with Crippen LogP contribution in [0.15, 0.2) is 11.8 Å². The van der Waals surface area contributed by atoms with E-state index in [1.54, 1.807) is 0 Å². The molecular weight excluding hydrogens is 436 g/mol. The van der Waals surface area contributed by atoms with E-state index in [4.69, 9.17) is 23.7 Å². The van der Waals surface area contributed by atoms with Crippen molar-refractivity contribution in [2.45, 2.75) is 62.0 Å². The first kappa shape index (κ1) is 24.8. The largest absolute Gasteiger partial charge is 0.471 e. The molecule has 0 amide bonds. The van der Waals surface area contributed by atoms with Gasteiger partial charge < -0.3 is 54.3 Å². The molecule has 182 valence electrons. The first-order chi connectivity index (χ1) is 15.0. The Morgan fingerprint density at radius 1 is 1.16 bits per heavy atom. The molecule has 2 aliphatic heterocycles. The van der Waals surface area contributed by atoms with Crippen LogP contribution in [-0.4, -0.2) is 112 Å². The van der Waals surface area contributed by atoms with Crippen LogP contribution in [0.2, 0.25) is 0 Å². The number of esters is 2. The summed E-state index contributed by atoms with van der Waals surface area (Å²) >= 11 is 0. The van der Waals surface area contributed by atoms with Gasteiger partial charge in [0, 0.05) is 19.3 Å². The molecule has 0 aromatic heterocycles. The summed E-state index contributed by atoms with van der Waals surface area (Å²) in [6.07, 6.45) is -10.00. The van der Waals surface area contributed by atoms with E-state index in [2.05, 4.69) is 0 Å². The van der Waals surface area contributed by atoms with Crippen molar-refractivity contribution in [2.75, 3.05) is 20.3 Å². The van der Waals surface area contributed by atoms with Crippen LogP contribution in [0.5, 0.6) is 0 Å². The van der Waals surface area contributed by atoms with Crippen LogP contribution in [0.1, 0.15) is 13.3 Å². The summed E-state index contributed by atoms with van der Waals surface area (Å²) in [7, 11) is 1.13. The van der Waals surface area contributed by atoms with E-state index in [1.165, 1.54) is 0 Å². The predicted molar refractivity (Wildman–Crippen MR) is 99.0 cm³/mol. The predicted octanol–water partition coefficient (Wildman–Crippen LogP) is -3.49. The zero-order chi connectivity index (χ0) is 23.8. The minimum atomic E-state index is -1.90. The Balaban J connectivity index is 1.91. The Hall–Kier alpha value is -1.84. The lowest BCUT2D eigenvalue weighted by atomic mass is 9.80. The molecule has 2 heterocycles. The molecule has 3 rings (SSSR count). The van der Waals surface area contributed by atoms with Crippen LogP contribution < -0.4 is 0 Å². The van der Waals surface area contributed by atoms with Crippen molar-refractivity contribution < 1.29 is 63.9 Å². The van der Waals surface area contributed by atoms with Gasteiger partial charge in [-0.05, 0) is 0 Å². The number of fused-ring (bicyclic) bond motifs is 1. The summed E-state index contributed by atoms with van der Waals surface area (Å²) < 4.78 is 26.1. The second-order valence-corrected chi connectivity index (χ2v) is 8.11. The highest BCUT2D eigenvalue weighted by atomic mass is 16.8. The minimum Gasteiger partial charge on any atom is -0.471 e. The van der Waals surface area contributed by atoms with Crippen LogP contribution in [-0.2, 0) is 33.3 Å². The van der Waals surface area contributed by atoms with E-state index in [1.807, 2.05) is 0 Å². The van der Waals surface area contributed by atoms with Crippen LogP contribution in [0.4, 0.5) is 0 Å². The molecule has 13 nitrogen and oxygen atoms in total. The third-order valence-electron chi connectivity index (χ3n) is 6.03. The van der Waals surface area contributed by atoms with Gasteiger partial charge in [0.15, 0.2) is 6.29 Å². The maximum absolute atomic E-state index is 12.2. The molecule has 3 aliphatic rings. The number of carbonyl (C=O) groups is 2. The Labute approximate surface area is 182 Å². The molecule has 0 spiro atoms. The average molecular weight is 464 g/mol. The second kappa shape index (κ2) is 9.57. The van der Waals surface area contributed by atoms with Crippen molar-refractivity contribution in [2.24, 2.45) is 11.8 Å². The molecule has 32 heavy (non-hydrogen) atoms. The Morgan fingerprint density at radius 3 is 2.44 bits per heavy atom. The summed E-state index contributed by atoms with van der Waals surface area (Å²) in [5, 5.41) is 61.4. The van der Waals surface area contributed by atoms with E-state index >= 15 is 0 Å². The average Bonchev–Trinajstić information content (AvgIpc) is 3.03. The summed E-state index contributed by atoms with van der Waals surface area (Å²) in [6.45, 7) is -0.109. The molecule has 0 aromatic carbocycles. The fraction of sp³-hybridized carbons (Fsp3) is 0.789. The Bertz CT molecular complexity index is 739. The lowest BCUT2D eigenvalue weighted by molar-refractivity contribution is -0.347. The van der Waals surface area contributed by atoms with Crippen molar-refractivity contribution in [1.82, 2.24) is 0 Å². The zero-order valence-corrected chi connectivity index (χ0v) is 17.4. The highest BCUT2D eigenvalue weighted by molar-refractivity contribution is 5.89. The van der Waals surface area contributed by atoms with Gasteiger partial charge >= 0.3 is 11.9 Å². The van der Waals surface area contributed by atoms with E-state index in [-0.39, 0.29) is 12.0 Å². The van der Waals surface area contributed by atoms with E-state index in [9.17, 15) is 40.2 Å². The van der Waals surface area contributed by atoms with Gasteiger partial charge in [-0.3, -0.25) is 4.79 Å². The van der Waals surface area contributed by atoms with Gasteiger partial charge in [0.1, 0.15) is 36.6 Å². The Kier molecular flexibility index (Phi) is 7.41. The molecule has 1 saturated heterocycles. The topological polar surface area (TPSA) is 202 Å². The van der Waals surface area contributed by atoms with Crippen LogP contribution in [0, 0.1) is 11.8 Å². The van der Waals surface area contributed by atoms with E-state index in [0.29, 0.717) is 0 Å². The molecule has 0 unspecified atom stereocenters. The van der Waals surface area contributed by atoms with Crippen molar-refractivity contribution in [3.05, 3.63) is 11.8 Å². The molecule has 1 aliphatic carbocycles. The van der Waals surface area contributed by atoms with Crippen LogP contribution in [0.3, 0.4) is 0 Å². The third-order valence-corrected chi connectivity index (χ3v) is 6.03. The quantitative estimate of drug-likeness (QED) is 0.212. The van der Waals surface area contributed by atoms with E-state index in [0.717, 1.165) is 20.3 Å². The van der Waals surface area contributed by atoms with Gasteiger partial charge in [0.05, 0.1) is 37.6 Å². The number of aliphatic hydroxyl groups is 6. The number of ether oxygens (including phenoxy) is 5. The SMILES string of the molecule is COC(=O)C1=CO[C@@H](O[C@@H]2O[C@H](CO)[C@@H](O)[C@H](O)[C@H]2O)[C@H]2[C@@H]1[C@H](O)C[C@]2(O)COC(C)=O. The van der Waals surface area contributed by atoms with Gasteiger partial charge in [0.25, 0.3) is 0 Å². The summed E-state index contributed by atoms with van der Waals surface area (Å²) in [4.78, 5) is 23.5. The van der Waals surface area contributed by atoms with Crippen molar-refractivity contribution >= 4 is 11.9 Å². The molecular formula is C19H28O13. The molecule has 10 atom stereocenters. The van der Waals surface area contributed by atoms with Gasteiger partial charge in [-0.1, -0.05) is 0 Å². The molecule has 6 N–H and O–H groups in total. The number of rotatable bonds is 6. The smallest absolute Gasteiger partial charge is 0.337 e. The molecule has 0 aromatic rings. The molecule has 0 radical (unpaired) electrons. The highest BCUT2D eigenvalue weighted by Crippen LogP contribution is 2.50. The van der Waals surface area contributed by atoms with Crippen LogP contribution >= 0.6 is 0 Å². The third kappa shape index (κ3) is 4.47. The Morgan fingerprint density at radius 2 is 1.84 bits per heavy atom. The van der Waals surface area contributed by atoms with Gasteiger partial charge in [-0.2, -0.15) is 0 Å². The molecule has 0 bridgehead atoms. The zero-order valence-electron chi connectivity index (χ0n) is 17.4. The standard InChI is InChI=1S/C19H28O13/c1-7(21)30-6-19(27)3-9(22)11-8(16(26)28-2)5-29-17(12(11)19)32-18-15(25)14(24)13(23)10(4-20)31-18/h5,9-15,17-18,20,22-25,27H,3-4,6H2,1-2H3/t9-,10-,11+,12-,13-,14+,15-,17+,18+,19+/m1/s1. The second-order valence-electron chi connectivity index (χ2n) is 8.11. The van der Waals surface area contributed by atoms with Gasteiger partial charge in [-0.15, -0.1) is 0 Å². The lowest BCUT2D eigenvalue weighted by Gasteiger charge is -2.44. The minimum absolute atomic E-state index is 0.0857. The number of aliphatic hydroxyl groups excluding tert-OH is 5. The van der Waals surface area contributed by atoms with Crippen LogP contribution in [0.25, 0.3) is 0 Å². The number of hydrogen-bond donors (Lipinski definition) is 6. The first-order valence-electron chi connectivity index (χ1n) is 9.97. The fourth-order valence-electron chi connectivity index (χ4n) is 4.44. The van der Waals surface area contributed by atoms with Crippen molar-refractivity contribution in [3.8, 4) is 0 Å². The van der Waals surface area contributed by atoms with Gasteiger partial charge in [0.2, 0.25) is 6.29 Å².